The lowest BCUT2D eigenvalue weighted by atomic mass is 9.98. The molecule has 156 valence electrons. The van der Waals surface area contributed by atoms with Crippen molar-refractivity contribution >= 4 is 29.3 Å². The zero-order valence-electron chi connectivity index (χ0n) is 16.9. The molecule has 0 fully saturated rings. The van der Waals surface area contributed by atoms with Gasteiger partial charge in [-0.25, -0.2) is 4.79 Å². The minimum absolute atomic E-state index is 0. The van der Waals surface area contributed by atoms with Gasteiger partial charge in [0.1, 0.15) is 5.75 Å². The zero-order chi connectivity index (χ0) is 20.6. The fraction of sp³-hybridized carbons (Fsp3) is 0.333. The first kappa shape index (κ1) is 22.5. The molecule has 8 heteroatoms. The summed E-state index contributed by atoms with van der Waals surface area (Å²) in [5.41, 5.74) is 2.46. The van der Waals surface area contributed by atoms with E-state index in [4.69, 9.17) is 0 Å². The van der Waals surface area contributed by atoms with Crippen molar-refractivity contribution in [2.24, 2.45) is 7.05 Å². The number of carboxylic acids is 1. The number of benzene rings is 1. The minimum atomic E-state index is -1.44. The maximum Gasteiger partial charge on any atom is 0.345 e. The van der Waals surface area contributed by atoms with Crippen LogP contribution in [-0.2, 0) is 20.0 Å². The smallest absolute Gasteiger partial charge is 0.345 e. The number of halogens is 1. The monoisotopic (exact) mass is 419 g/mol. The van der Waals surface area contributed by atoms with E-state index in [1.54, 1.807) is 0 Å². The molecule has 1 aromatic carbocycles. The van der Waals surface area contributed by atoms with Crippen molar-refractivity contribution in [3.63, 3.8) is 0 Å². The quantitative estimate of drug-likeness (QED) is 0.569. The highest BCUT2D eigenvalue weighted by atomic mass is 35.5. The first-order valence-corrected chi connectivity index (χ1v) is 9.19. The third-order valence-corrected chi connectivity index (χ3v) is 4.91. The van der Waals surface area contributed by atoms with Crippen LogP contribution in [0.5, 0.6) is 5.75 Å². The fourth-order valence-electron chi connectivity index (χ4n) is 3.60. The molecule has 0 aliphatic heterocycles. The Kier molecular flexibility index (Phi) is 6.77. The van der Waals surface area contributed by atoms with E-state index < -0.39 is 22.8 Å². The van der Waals surface area contributed by atoms with Gasteiger partial charge in [-0.05, 0) is 44.3 Å². The number of hydrogen-bond donors (Lipinski definition) is 3. The average molecular weight is 420 g/mol. The first-order chi connectivity index (χ1) is 13.2. The Labute approximate surface area is 175 Å². The molecule has 7 nitrogen and oxygen atoms in total. The predicted molar refractivity (Wildman–Crippen MR) is 116 cm³/mol. The SMILES string of the molecule is CCCc1c(-c2ccc3c(c2)cc(CN(C)C)n3C)[nH]c(=O)c(C(=O)O)c1O.Cl. The number of aryl methyl sites for hydroxylation is 1. The normalized spacial score (nSPS) is 11.1. The van der Waals surface area contributed by atoms with Crippen LogP contribution in [0.3, 0.4) is 0 Å². The molecular weight excluding hydrogens is 394 g/mol. The van der Waals surface area contributed by atoms with Crippen molar-refractivity contribution < 1.29 is 15.0 Å². The molecule has 3 N–H and O–H groups in total. The number of aromatic amines is 1. The van der Waals surface area contributed by atoms with Gasteiger partial charge < -0.3 is 24.7 Å². The van der Waals surface area contributed by atoms with Gasteiger partial charge in [0.2, 0.25) is 0 Å². The van der Waals surface area contributed by atoms with Crippen molar-refractivity contribution in [1.82, 2.24) is 14.5 Å². The second-order valence-electron chi connectivity index (χ2n) is 7.29. The lowest BCUT2D eigenvalue weighted by molar-refractivity contribution is 0.0691. The van der Waals surface area contributed by atoms with E-state index in [2.05, 4.69) is 20.5 Å². The third kappa shape index (κ3) is 4.16. The summed E-state index contributed by atoms with van der Waals surface area (Å²) in [7, 11) is 6.04. The molecule has 0 spiro atoms. The Bertz CT molecular complexity index is 1120. The molecule has 3 aromatic rings. The summed E-state index contributed by atoms with van der Waals surface area (Å²) in [4.78, 5) is 28.4. The van der Waals surface area contributed by atoms with Gasteiger partial charge in [0, 0.05) is 35.8 Å². The van der Waals surface area contributed by atoms with Crippen molar-refractivity contribution in [2.45, 2.75) is 26.3 Å². The standard InChI is InChI=1S/C21H25N3O4.ClH/c1-5-6-15-18(22-20(26)17(19(15)25)21(27)28)12-7-8-16-13(9-12)10-14(24(16)4)11-23(2)3;/h7-10H,5-6,11H2,1-4H3,(H,27,28)(H2,22,25,26);1H. The van der Waals surface area contributed by atoms with E-state index in [1.165, 1.54) is 0 Å². The van der Waals surface area contributed by atoms with E-state index in [9.17, 15) is 19.8 Å². The van der Waals surface area contributed by atoms with Gasteiger partial charge in [0.25, 0.3) is 5.56 Å². The largest absolute Gasteiger partial charge is 0.506 e. The van der Waals surface area contributed by atoms with Gasteiger partial charge >= 0.3 is 5.97 Å². The average Bonchev–Trinajstić information content (AvgIpc) is 2.91. The lowest BCUT2D eigenvalue weighted by Crippen LogP contribution is -2.20. The van der Waals surface area contributed by atoms with Gasteiger partial charge in [-0.3, -0.25) is 4.79 Å². The third-order valence-electron chi connectivity index (χ3n) is 4.91. The van der Waals surface area contributed by atoms with E-state index in [0.717, 1.165) is 28.7 Å². The van der Waals surface area contributed by atoms with Gasteiger partial charge in [-0.1, -0.05) is 19.4 Å². The van der Waals surface area contributed by atoms with Gasteiger partial charge in [0.05, 0.1) is 5.69 Å². The molecule has 0 bridgehead atoms. The Morgan fingerprint density at radius 1 is 1.24 bits per heavy atom. The molecule has 0 aliphatic carbocycles. The van der Waals surface area contributed by atoms with Crippen LogP contribution in [0.25, 0.3) is 22.2 Å². The minimum Gasteiger partial charge on any atom is -0.506 e. The maximum absolute atomic E-state index is 12.3. The molecule has 0 saturated carbocycles. The second-order valence-corrected chi connectivity index (χ2v) is 7.29. The van der Waals surface area contributed by atoms with Crippen LogP contribution in [0, 0.1) is 0 Å². The lowest BCUT2D eigenvalue weighted by Gasteiger charge is -2.13. The molecule has 0 radical (unpaired) electrons. The number of pyridine rings is 1. The van der Waals surface area contributed by atoms with Gasteiger partial charge in [-0.15, -0.1) is 12.4 Å². The molecule has 3 rings (SSSR count). The number of nitrogens with zero attached hydrogens (tertiary/aromatic N) is 2. The van der Waals surface area contributed by atoms with E-state index >= 15 is 0 Å². The number of aromatic hydroxyl groups is 1. The highest BCUT2D eigenvalue weighted by Crippen LogP contribution is 2.32. The summed E-state index contributed by atoms with van der Waals surface area (Å²) < 4.78 is 2.12. The van der Waals surface area contributed by atoms with E-state index in [-0.39, 0.29) is 12.4 Å². The number of fused-ring (bicyclic) bond motifs is 1. The van der Waals surface area contributed by atoms with E-state index in [1.807, 2.05) is 46.3 Å². The number of nitrogens with one attached hydrogen (secondary N) is 1. The number of rotatable bonds is 6. The zero-order valence-corrected chi connectivity index (χ0v) is 17.8. The molecule has 2 heterocycles. The van der Waals surface area contributed by atoms with Crippen LogP contribution in [0.1, 0.15) is 35.0 Å². The Morgan fingerprint density at radius 2 is 1.93 bits per heavy atom. The number of aromatic nitrogens is 2. The van der Waals surface area contributed by atoms with Crippen LogP contribution >= 0.6 is 12.4 Å². The van der Waals surface area contributed by atoms with Crippen molar-refractivity contribution in [2.75, 3.05) is 14.1 Å². The van der Waals surface area contributed by atoms with Crippen molar-refractivity contribution in [3.05, 3.63) is 51.4 Å². The van der Waals surface area contributed by atoms with Gasteiger partial charge in [-0.2, -0.15) is 0 Å². The van der Waals surface area contributed by atoms with Crippen LogP contribution < -0.4 is 5.56 Å². The summed E-state index contributed by atoms with van der Waals surface area (Å²) in [5.74, 6) is -1.89. The highest BCUT2D eigenvalue weighted by molar-refractivity contribution is 5.92. The summed E-state index contributed by atoms with van der Waals surface area (Å²) in [6.07, 6.45) is 1.16. The highest BCUT2D eigenvalue weighted by Gasteiger charge is 2.22. The van der Waals surface area contributed by atoms with Gasteiger partial charge in [0.15, 0.2) is 5.56 Å². The molecule has 0 atom stereocenters. The second kappa shape index (κ2) is 8.71. The van der Waals surface area contributed by atoms with Crippen LogP contribution in [0.2, 0.25) is 0 Å². The van der Waals surface area contributed by atoms with Crippen molar-refractivity contribution in [3.8, 4) is 17.0 Å². The summed E-state index contributed by atoms with van der Waals surface area (Å²) >= 11 is 0. The molecule has 0 aliphatic rings. The molecule has 29 heavy (non-hydrogen) atoms. The molecule has 0 amide bonds. The number of H-pyrrole nitrogens is 1. The summed E-state index contributed by atoms with van der Waals surface area (Å²) in [5, 5.41) is 20.7. The number of carboxylic acid groups (broad SMARTS) is 1. The predicted octanol–water partition coefficient (Wildman–Crippen LogP) is 3.37. The molecular formula is C21H26ClN3O4. The summed E-state index contributed by atoms with van der Waals surface area (Å²) in [6, 6.07) is 7.91. The summed E-state index contributed by atoms with van der Waals surface area (Å²) in [6.45, 7) is 2.73. The van der Waals surface area contributed by atoms with Crippen molar-refractivity contribution in [1.29, 1.82) is 0 Å². The topological polar surface area (TPSA) is 98.6 Å². The molecule has 0 saturated heterocycles. The number of hydrogen-bond acceptors (Lipinski definition) is 4. The number of aromatic carboxylic acids is 1. The maximum atomic E-state index is 12.3. The van der Waals surface area contributed by atoms with Crippen LogP contribution in [0.4, 0.5) is 0 Å². The van der Waals surface area contributed by atoms with Crippen LogP contribution in [-0.4, -0.2) is 44.7 Å². The first-order valence-electron chi connectivity index (χ1n) is 9.19. The van der Waals surface area contributed by atoms with E-state index in [0.29, 0.717) is 24.1 Å². The number of carbonyl (C=O) groups is 1. The molecule has 0 unspecified atom stereocenters. The van der Waals surface area contributed by atoms with Crippen LogP contribution in [0.15, 0.2) is 29.1 Å². The Hall–Kier alpha value is -2.77. The molecule has 2 aromatic heterocycles. The Morgan fingerprint density at radius 3 is 2.52 bits per heavy atom. The Balaban J connectivity index is 0.00000300. The fourth-order valence-corrected chi connectivity index (χ4v) is 3.60.